The molecule has 1 heterocycles. The summed E-state index contributed by atoms with van der Waals surface area (Å²) in [5.41, 5.74) is 2.06. The van der Waals surface area contributed by atoms with Crippen LogP contribution < -0.4 is 5.32 Å². The van der Waals surface area contributed by atoms with E-state index >= 15 is 0 Å². The normalized spacial score (nSPS) is 19.6. The second kappa shape index (κ2) is 9.00. The number of aliphatic hydroxyl groups excluding tert-OH is 1. The zero-order valence-electron chi connectivity index (χ0n) is 12.6. The summed E-state index contributed by atoms with van der Waals surface area (Å²) in [5, 5.41) is 13.2. The third kappa shape index (κ3) is 5.63. The van der Waals surface area contributed by atoms with Gasteiger partial charge in [-0.15, -0.1) is 0 Å². The van der Waals surface area contributed by atoms with E-state index in [0.717, 1.165) is 30.7 Å². The van der Waals surface area contributed by atoms with Crippen molar-refractivity contribution in [3.8, 4) is 0 Å². The van der Waals surface area contributed by atoms with E-state index in [1.165, 1.54) is 0 Å². The van der Waals surface area contributed by atoms with Crippen molar-refractivity contribution in [2.45, 2.75) is 31.7 Å². The number of hydrogen-bond donors (Lipinski definition) is 2. The lowest BCUT2D eigenvalue weighted by Gasteiger charge is -2.16. The molecule has 0 aliphatic carbocycles. The van der Waals surface area contributed by atoms with Crippen molar-refractivity contribution >= 4 is 5.69 Å². The van der Waals surface area contributed by atoms with Gasteiger partial charge >= 0.3 is 0 Å². The highest BCUT2D eigenvalue weighted by molar-refractivity contribution is 5.50. The lowest BCUT2D eigenvalue weighted by molar-refractivity contribution is -0.0137. The van der Waals surface area contributed by atoms with E-state index in [2.05, 4.69) is 5.32 Å². The molecule has 0 radical (unpaired) electrons. The lowest BCUT2D eigenvalue weighted by Crippen LogP contribution is -2.27. The Kier molecular flexibility index (Phi) is 6.95. The van der Waals surface area contributed by atoms with Crippen LogP contribution >= 0.6 is 0 Å². The molecular formula is C16H25NO4. The Morgan fingerprint density at radius 1 is 1.43 bits per heavy atom. The first kappa shape index (κ1) is 16.2. The van der Waals surface area contributed by atoms with Gasteiger partial charge in [-0.05, 0) is 18.9 Å². The fourth-order valence-corrected chi connectivity index (χ4v) is 2.37. The highest BCUT2D eigenvalue weighted by Gasteiger charge is 2.16. The van der Waals surface area contributed by atoms with Gasteiger partial charge in [-0.1, -0.05) is 18.2 Å². The van der Waals surface area contributed by atoms with E-state index < -0.39 is 6.10 Å². The molecule has 1 aliphatic rings. The van der Waals surface area contributed by atoms with Gasteiger partial charge in [-0.3, -0.25) is 0 Å². The summed E-state index contributed by atoms with van der Waals surface area (Å²) in [5.74, 6) is 0. The molecule has 0 amide bonds. The topological polar surface area (TPSA) is 60.0 Å². The molecule has 2 N–H and O–H groups in total. The molecule has 5 nitrogen and oxygen atoms in total. The molecule has 2 unspecified atom stereocenters. The van der Waals surface area contributed by atoms with Gasteiger partial charge in [0.25, 0.3) is 0 Å². The SMILES string of the molecule is COCc1ccccc1NCC(O)COCC1CCCO1. The van der Waals surface area contributed by atoms with Crippen LogP contribution in [0.3, 0.4) is 0 Å². The third-order valence-electron chi connectivity index (χ3n) is 3.48. The van der Waals surface area contributed by atoms with Crippen molar-refractivity contribution < 1.29 is 19.3 Å². The van der Waals surface area contributed by atoms with Crippen LogP contribution in [0.2, 0.25) is 0 Å². The molecule has 21 heavy (non-hydrogen) atoms. The number of ether oxygens (including phenoxy) is 3. The molecule has 5 heteroatoms. The average Bonchev–Trinajstić information content (AvgIpc) is 3.00. The number of para-hydroxylation sites is 1. The molecule has 0 bridgehead atoms. The number of rotatable bonds is 9. The Bertz CT molecular complexity index is 407. The molecule has 0 aromatic heterocycles. The van der Waals surface area contributed by atoms with Gasteiger partial charge in [0.15, 0.2) is 0 Å². The van der Waals surface area contributed by atoms with Gasteiger partial charge in [-0.2, -0.15) is 0 Å². The van der Waals surface area contributed by atoms with E-state index in [1.807, 2.05) is 24.3 Å². The first-order valence-electron chi connectivity index (χ1n) is 7.47. The monoisotopic (exact) mass is 295 g/mol. The Labute approximate surface area is 126 Å². The zero-order chi connectivity index (χ0) is 14.9. The van der Waals surface area contributed by atoms with Crippen molar-refractivity contribution in [1.82, 2.24) is 0 Å². The van der Waals surface area contributed by atoms with Gasteiger partial charge in [0.2, 0.25) is 0 Å². The maximum Gasteiger partial charge on any atom is 0.0945 e. The van der Waals surface area contributed by atoms with Crippen LogP contribution in [0.25, 0.3) is 0 Å². The summed E-state index contributed by atoms with van der Waals surface area (Å²) in [4.78, 5) is 0. The van der Waals surface area contributed by atoms with Crippen molar-refractivity contribution in [2.75, 3.05) is 38.8 Å². The number of methoxy groups -OCH3 is 1. The molecule has 1 fully saturated rings. The first-order chi connectivity index (χ1) is 10.3. The lowest BCUT2D eigenvalue weighted by atomic mass is 10.2. The standard InChI is InChI=1S/C16H25NO4/c1-19-10-13-5-2-3-7-16(13)17-9-14(18)11-20-12-15-6-4-8-21-15/h2-3,5,7,14-15,17-18H,4,6,8-12H2,1H3. The Morgan fingerprint density at radius 2 is 2.29 bits per heavy atom. The van der Waals surface area contributed by atoms with Gasteiger partial charge in [0, 0.05) is 31.5 Å². The van der Waals surface area contributed by atoms with E-state index in [0.29, 0.717) is 26.4 Å². The van der Waals surface area contributed by atoms with E-state index in [-0.39, 0.29) is 6.10 Å². The third-order valence-corrected chi connectivity index (χ3v) is 3.48. The van der Waals surface area contributed by atoms with Crippen LogP contribution in [0.1, 0.15) is 18.4 Å². The van der Waals surface area contributed by atoms with Gasteiger partial charge in [0.1, 0.15) is 0 Å². The van der Waals surface area contributed by atoms with Gasteiger partial charge in [-0.25, -0.2) is 0 Å². The molecule has 0 spiro atoms. The summed E-state index contributed by atoms with van der Waals surface area (Å²) in [6, 6.07) is 7.92. The van der Waals surface area contributed by atoms with Gasteiger partial charge < -0.3 is 24.6 Å². The minimum atomic E-state index is -0.540. The van der Waals surface area contributed by atoms with E-state index in [1.54, 1.807) is 7.11 Å². The summed E-state index contributed by atoms with van der Waals surface area (Å²) < 4.78 is 16.1. The number of benzene rings is 1. The van der Waals surface area contributed by atoms with Crippen LogP contribution in [0.15, 0.2) is 24.3 Å². The Morgan fingerprint density at radius 3 is 3.05 bits per heavy atom. The fourth-order valence-electron chi connectivity index (χ4n) is 2.37. The summed E-state index contributed by atoms with van der Waals surface area (Å²) >= 11 is 0. The van der Waals surface area contributed by atoms with Crippen molar-refractivity contribution in [2.24, 2.45) is 0 Å². The summed E-state index contributed by atoms with van der Waals surface area (Å²) in [7, 11) is 1.67. The Hall–Kier alpha value is -1.14. The van der Waals surface area contributed by atoms with Crippen LogP contribution in [0, 0.1) is 0 Å². The second-order valence-electron chi connectivity index (χ2n) is 5.30. The quantitative estimate of drug-likeness (QED) is 0.727. The van der Waals surface area contributed by atoms with Crippen LogP contribution in [-0.2, 0) is 20.8 Å². The molecule has 1 aliphatic heterocycles. The smallest absolute Gasteiger partial charge is 0.0945 e. The van der Waals surface area contributed by atoms with Crippen molar-refractivity contribution in [3.05, 3.63) is 29.8 Å². The molecule has 2 rings (SSSR count). The number of aliphatic hydroxyl groups is 1. The average molecular weight is 295 g/mol. The fraction of sp³-hybridized carbons (Fsp3) is 0.625. The highest BCUT2D eigenvalue weighted by atomic mass is 16.5. The first-order valence-corrected chi connectivity index (χ1v) is 7.47. The molecule has 118 valence electrons. The maximum absolute atomic E-state index is 9.95. The zero-order valence-corrected chi connectivity index (χ0v) is 12.6. The predicted octanol–water partition coefficient (Wildman–Crippen LogP) is 1.80. The maximum atomic E-state index is 9.95. The van der Waals surface area contributed by atoms with E-state index in [9.17, 15) is 5.11 Å². The molecule has 1 aromatic carbocycles. The Balaban J connectivity index is 1.67. The minimum Gasteiger partial charge on any atom is -0.389 e. The minimum absolute atomic E-state index is 0.201. The molecule has 2 atom stereocenters. The van der Waals surface area contributed by atoms with Crippen LogP contribution in [-0.4, -0.2) is 50.8 Å². The largest absolute Gasteiger partial charge is 0.389 e. The van der Waals surface area contributed by atoms with Crippen molar-refractivity contribution in [1.29, 1.82) is 0 Å². The van der Waals surface area contributed by atoms with Crippen LogP contribution in [0.5, 0.6) is 0 Å². The highest BCUT2D eigenvalue weighted by Crippen LogP contribution is 2.16. The summed E-state index contributed by atoms with van der Waals surface area (Å²) in [6.45, 7) is 2.71. The summed E-state index contributed by atoms with van der Waals surface area (Å²) in [6.07, 6.45) is 1.82. The van der Waals surface area contributed by atoms with Crippen molar-refractivity contribution in [3.63, 3.8) is 0 Å². The number of nitrogens with one attached hydrogen (secondary N) is 1. The molecular weight excluding hydrogens is 270 g/mol. The van der Waals surface area contributed by atoms with Crippen LogP contribution in [0.4, 0.5) is 5.69 Å². The van der Waals surface area contributed by atoms with Gasteiger partial charge in [0.05, 0.1) is 32.0 Å². The second-order valence-corrected chi connectivity index (χ2v) is 5.30. The van der Waals surface area contributed by atoms with E-state index in [4.69, 9.17) is 14.2 Å². The molecule has 0 saturated carbocycles. The molecule has 1 saturated heterocycles. The number of anilines is 1. The number of hydrogen-bond acceptors (Lipinski definition) is 5. The molecule has 1 aromatic rings. The predicted molar refractivity (Wildman–Crippen MR) is 81.4 cm³/mol.